The van der Waals surface area contributed by atoms with Gasteiger partial charge in [0.2, 0.25) is 0 Å². The number of aromatic nitrogens is 2. The van der Waals surface area contributed by atoms with Gasteiger partial charge in [0.1, 0.15) is 16.3 Å². The molecule has 0 saturated carbocycles. The highest BCUT2D eigenvalue weighted by atomic mass is 35.5. The molecule has 0 unspecified atom stereocenters. The van der Waals surface area contributed by atoms with E-state index in [4.69, 9.17) is 17.3 Å². The fourth-order valence-corrected chi connectivity index (χ4v) is 1.88. The van der Waals surface area contributed by atoms with E-state index in [2.05, 4.69) is 5.10 Å². The number of nitrogens with two attached hydrogens (primary N) is 1. The zero-order valence-corrected chi connectivity index (χ0v) is 11.3. The summed E-state index contributed by atoms with van der Waals surface area (Å²) in [5.74, 6) is 0. The van der Waals surface area contributed by atoms with Gasteiger partial charge < -0.3 is 10.8 Å². The Morgan fingerprint density at radius 3 is 2.42 bits per heavy atom. The zero-order valence-electron chi connectivity index (χ0n) is 10.6. The van der Waals surface area contributed by atoms with Crippen molar-refractivity contribution in [1.82, 2.24) is 9.78 Å². The highest BCUT2D eigenvalue weighted by Crippen LogP contribution is 2.27. The van der Waals surface area contributed by atoms with Crippen molar-refractivity contribution in [3.63, 3.8) is 0 Å². The third kappa shape index (κ3) is 2.47. The molecular formula is C13H14ClN3O2. The molecular weight excluding hydrogens is 266 g/mol. The van der Waals surface area contributed by atoms with Crippen LogP contribution in [0.2, 0.25) is 5.02 Å². The van der Waals surface area contributed by atoms with Gasteiger partial charge in [-0.3, -0.25) is 4.79 Å². The molecule has 2 rings (SSSR count). The van der Waals surface area contributed by atoms with Gasteiger partial charge in [-0.15, -0.1) is 0 Å². The van der Waals surface area contributed by atoms with E-state index in [9.17, 15) is 9.90 Å². The van der Waals surface area contributed by atoms with Crippen molar-refractivity contribution >= 4 is 17.3 Å². The topological polar surface area (TPSA) is 81.1 Å². The monoisotopic (exact) mass is 279 g/mol. The maximum absolute atomic E-state index is 12.1. The van der Waals surface area contributed by atoms with Gasteiger partial charge in [-0.2, -0.15) is 9.78 Å². The van der Waals surface area contributed by atoms with Crippen LogP contribution in [0.5, 0.6) is 0 Å². The van der Waals surface area contributed by atoms with Crippen molar-refractivity contribution in [3.05, 3.63) is 51.4 Å². The van der Waals surface area contributed by atoms with Crippen molar-refractivity contribution in [1.29, 1.82) is 0 Å². The lowest BCUT2D eigenvalue weighted by Gasteiger charge is -2.20. The van der Waals surface area contributed by atoms with Gasteiger partial charge in [-0.25, -0.2) is 0 Å². The molecule has 6 heteroatoms. The molecule has 0 amide bonds. The Kier molecular flexibility index (Phi) is 3.34. The number of halogens is 1. The summed E-state index contributed by atoms with van der Waals surface area (Å²) in [6.45, 7) is 3.06. The zero-order chi connectivity index (χ0) is 14.2. The molecule has 100 valence electrons. The summed E-state index contributed by atoms with van der Waals surface area (Å²) in [5, 5.41) is 14.0. The average molecular weight is 280 g/mol. The van der Waals surface area contributed by atoms with Crippen molar-refractivity contribution in [2.24, 2.45) is 0 Å². The largest absolute Gasteiger partial charge is 0.396 e. The van der Waals surface area contributed by atoms with Crippen LogP contribution < -0.4 is 11.3 Å². The molecule has 0 saturated heterocycles. The highest BCUT2D eigenvalue weighted by Gasteiger charge is 2.25. The summed E-state index contributed by atoms with van der Waals surface area (Å²) >= 11 is 5.93. The Bertz CT molecular complexity index is 660. The highest BCUT2D eigenvalue weighted by molar-refractivity contribution is 6.33. The number of nitrogens with zero attached hydrogens (tertiary/aromatic N) is 2. The fourth-order valence-electron chi connectivity index (χ4n) is 1.71. The number of hydrogen-bond acceptors (Lipinski definition) is 4. The van der Waals surface area contributed by atoms with E-state index in [0.717, 1.165) is 4.68 Å². The quantitative estimate of drug-likeness (QED) is 0.877. The molecule has 2 aromatic rings. The van der Waals surface area contributed by atoms with Crippen LogP contribution in [0.3, 0.4) is 0 Å². The fraction of sp³-hybridized carbons (Fsp3) is 0.231. The van der Waals surface area contributed by atoms with Crippen LogP contribution in [0.1, 0.15) is 19.5 Å². The number of benzene rings is 1. The molecule has 0 radical (unpaired) electrons. The minimum atomic E-state index is -1.29. The van der Waals surface area contributed by atoms with Crippen LogP contribution in [0, 0.1) is 0 Å². The predicted octanol–water partition coefficient (Wildman–Crippen LogP) is 1.70. The Morgan fingerprint density at radius 1 is 1.32 bits per heavy atom. The number of rotatable bonds is 2. The van der Waals surface area contributed by atoms with E-state index < -0.39 is 11.2 Å². The van der Waals surface area contributed by atoms with Crippen LogP contribution in [-0.4, -0.2) is 14.9 Å². The van der Waals surface area contributed by atoms with E-state index in [1.807, 2.05) is 6.07 Å². The molecule has 1 aromatic heterocycles. The average Bonchev–Trinajstić information content (AvgIpc) is 2.36. The Balaban J connectivity index is 2.77. The first-order chi connectivity index (χ1) is 8.82. The maximum atomic E-state index is 12.1. The molecule has 5 nitrogen and oxygen atoms in total. The van der Waals surface area contributed by atoms with Crippen molar-refractivity contribution in [2.75, 3.05) is 5.73 Å². The maximum Gasteiger partial charge on any atom is 0.292 e. The SMILES string of the molecule is CC(C)(O)c1nn(-c2ccccc2)c(=O)c(Cl)c1N. The summed E-state index contributed by atoms with van der Waals surface area (Å²) in [7, 11) is 0. The lowest BCUT2D eigenvalue weighted by Crippen LogP contribution is -2.30. The molecule has 0 bridgehead atoms. The minimum Gasteiger partial charge on any atom is -0.396 e. The molecule has 0 atom stereocenters. The summed E-state index contributed by atoms with van der Waals surface area (Å²) in [6, 6.07) is 8.81. The molecule has 0 fully saturated rings. The molecule has 19 heavy (non-hydrogen) atoms. The lowest BCUT2D eigenvalue weighted by molar-refractivity contribution is 0.0730. The van der Waals surface area contributed by atoms with Gasteiger partial charge in [0.15, 0.2) is 0 Å². The molecule has 3 N–H and O–H groups in total. The van der Waals surface area contributed by atoms with Gasteiger partial charge in [-0.05, 0) is 26.0 Å². The number of aliphatic hydroxyl groups is 1. The smallest absolute Gasteiger partial charge is 0.292 e. The Hall–Kier alpha value is -1.85. The first kappa shape index (κ1) is 13.6. The van der Waals surface area contributed by atoms with Crippen LogP contribution in [0.15, 0.2) is 35.1 Å². The van der Waals surface area contributed by atoms with Crippen LogP contribution in [0.4, 0.5) is 5.69 Å². The van der Waals surface area contributed by atoms with E-state index >= 15 is 0 Å². The third-order valence-electron chi connectivity index (χ3n) is 2.65. The summed E-state index contributed by atoms with van der Waals surface area (Å²) in [6.07, 6.45) is 0. The first-order valence-electron chi connectivity index (χ1n) is 5.69. The van der Waals surface area contributed by atoms with Gasteiger partial charge in [-0.1, -0.05) is 29.8 Å². The first-order valence-corrected chi connectivity index (χ1v) is 6.06. The Morgan fingerprint density at radius 2 is 1.89 bits per heavy atom. The van der Waals surface area contributed by atoms with Crippen LogP contribution >= 0.6 is 11.6 Å². The van der Waals surface area contributed by atoms with Gasteiger partial charge in [0.05, 0.1) is 11.4 Å². The molecule has 1 aromatic carbocycles. The van der Waals surface area contributed by atoms with Crippen LogP contribution in [0.25, 0.3) is 5.69 Å². The number of para-hydroxylation sites is 1. The standard InChI is InChI=1S/C13H14ClN3O2/c1-13(2,19)11-10(15)9(14)12(18)17(16-11)8-6-4-3-5-7-8/h3-7,19H,15H2,1-2H3. The Labute approximate surface area is 115 Å². The molecule has 1 heterocycles. The summed E-state index contributed by atoms with van der Waals surface area (Å²) in [4.78, 5) is 12.1. The predicted molar refractivity (Wildman–Crippen MR) is 74.5 cm³/mol. The number of hydrogen-bond donors (Lipinski definition) is 2. The molecule has 0 aliphatic carbocycles. The van der Waals surface area contributed by atoms with Crippen molar-refractivity contribution in [3.8, 4) is 5.69 Å². The van der Waals surface area contributed by atoms with E-state index in [-0.39, 0.29) is 16.4 Å². The van der Waals surface area contributed by atoms with Crippen molar-refractivity contribution < 1.29 is 5.11 Å². The van der Waals surface area contributed by atoms with Gasteiger partial charge in [0, 0.05) is 0 Å². The second-order valence-electron chi connectivity index (χ2n) is 4.69. The molecule has 0 aliphatic heterocycles. The van der Waals surface area contributed by atoms with Crippen LogP contribution in [-0.2, 0) is 5.60 Å². The lowest BCUT2D eigenvalue weighted by atomic mass is 10.0. The second-order valence-corrected chi connectivity index (χ2v) is 5.07. The number of anilines is 1. The summed E-state index contributed by atoms with van der Waals surface area (Å²) < 4.78 is 1.13. The minimum absolute atomic E-state index is 0.00588. The molecule has 0 spiro atoms. The van der Waals surface area contributed by atoms with E-state index in [0.29, 0.717) is 5.69 Å². The summed E-state index contributed by atoms with van der Waals surface area (Å²) in [5.41, 5.74) is 4.67. The van der Waals surface area contributed by atoms with Gasteiger partial charge in [0.25, 0.3) is 5.56 Å². The second kappa shape index (κ2) is 4.68. The molecule has 0 aliphatic rings. The number of nitrogen functional groups attached to an aromatic ring is 1. The van der Waals surface area contributed by atoms with E-state index in [1.165, 1.54) is 13.8 Å². The van der Waals surface area contributed by atoms with Crippen molar-refractivity contribution in [2.45, 2.75) is 19.4 Å². The van der Waals surface area contributed by atoms with Gasteiger partial charge >= 0.3 is 0 Å². The third-order valence-corrected chi connectivity index (χ3v) is 3.02. The normalized spacial score (nSPS) is 11.6. The van der Waals surface area contributed by atoms with E-state index in [1.54, 1.807) is 24.3 Å².